The van der Waals surface area contributed by atoms with Crippen LogP contribution in [0.25, 0.3) is 5.70 Å². The van der Waals surface area contributed by atoms with Gasteiger partial charge in [0.25, 0.3) is 0 Å². The topological polar surface area (TPSA) is 98.3 Å². The molecule has 6 nitrogen and oxygen atoms in total. The highest BCUT2D eigenvalue weighted by Crippen LogP contribution is 2.18. The molecule has 2 rings (SSSR count). The lowest BCUT2D eigenvalue weighted by molar-refractivity contribution is 0.504. The van der Waals surface area contributed by atoms with Crippen molar-refractivity contribution >= 4 is 11.4 Å². The Morgan fingerprint density at radius 3 is 2.33 bits per heavy atom. The molecule has 0 aliphatic carbocycles. The van der Waals surface area contributed by atoms with Crippen LogP contribution in [0.1, 0.15) is 63.3 Å². The fraction of sp³-hybridized carbons (Fsp3) is 0.312. The molecule has 0 spiro atoms. The summed E-state index contributed by atoms with van der Waals surface area (Å²) in [5.74, 6) is -1.82. The van der Waals surface area contributed by atoms with Gasteiger partial charge in [0.15, 0.2) is 11.6 Å². The zero-order valence-electron chi connectivity index (χ0n) is 23.8. The summed E-state index contributed by atoms with van der Waals surface area (Å²) in [6.07, 6.45) is 5.54. The predicted molar refractivity (Wildman–Crippen MR) is 161 cm³/mol. The van der Waals surface area contributed by atoms with Crippen molar-refractivity contribution in [3.63, 3.8) is 0 Å². The van der Waals surface area contributed by atoms with E-state index in [4.69, 9.17) is 5.73 Å². The second-order valence-corrected chi connectivity index (χ2v) is 9.43. The molecule has 40 heavy (non-hydrogen) atoms. The molecule has 212 valence electrons. The molecule has 5 N–H and O–H groups in total. The maximum atomic E-state index is 13.7. The van der Waals surface area contributed by atoms with Gasteiger partial charge in [-0.3, -0.25) is 0 Å². The Morgan fingerprint density at radius 1 is 1.07 bits per heavy atom. The average Bonchev–Trinajstić information content (AvgIpc) is 2.94. The van der Waals surface area contributed by atoms with Gasteiger partial charge in [0.2, 0.25) is 0 Å². The monoisotopic (exact) mass is 546 g/mol. The summed E-state index contributed by atoms with van der Waals surface area (Å²) in [5, 5.41) is 19.4. The molecular weight excluding hydrogens is 506 g/mol. The number of nitriles is 1. The molecule has 2 aromatic rings. The zero-order chi connectivity index (χ0) is 29.7. The molecule has 0 saturated heterocycles. The van der Waals surface area contributed by atoms with Gasteiger partial charge in [-0.1, -0.05) is 69.0 Å². The Labute approximate surface area is 237 Å². The maximum Gasteiger partial charge on any atom is 0.159 e. The zero-order valence-corrected chi connectivity index (χ0v) is 23.8. The first-order chi connectivity index (χ1) is 19.1. The summed E-state index contributed by atoms with van der Waals surface area (Å²) in [4.78, 5) is 4.45. The van der Waals surface area contributed by atoms with Crippen molar-refractivity contribution in [1.29, 1.82) is 5.26 Å². The highest BCUT2D eigenvalue weighted by atomic mass is 19.2. The van der Waals surface area contributed by atoms with E-state index < -0.39 is 11.6 Å². The van der Waals surface area contributed by atoms with Crippen molar-refractivity contribution < 1.29 is 8.78 Å². The predicted octanol–water partition coefficient (Wildman–Crippen LogP) is 6.38. The number of benzene rings is 2. The molecule has 2 aromatic carbocycles. The lowest BCUT2D eigenvalue weighted by atomic mass is 10.1. The minimum Gasteiger partial charge on any atom is -0.401 e. The van der Waals surface area contributed by atoms with E-state index in [1.54, 1.807) is 13.0 Å². The molecule has 0 heterocycles. The molecule has 2 unspecified atom stereocenters. The standard InChI is InChI=1S/C32H40F2N6/c1-7-10-31(21(4)36)40-30(9-3)25-13-11-24(12-14-25)19-37-20-32(39-27(8-2)18-35)23(6)38-22(5)26-15-16-28(33)29(34)17-26/h8-9,11-17,22,31,37-38,40H,4,6-7,10,19-20,36H2,1-3,5H3/b27-8-,30-9-,39-32+. The Balaban J connectivity index is 2.09. The molecule has 0 saturated carbocycles. The molecule has 2 atom stereocenters. The number of nitrogens with zero attached hydrogens (tertiary/aromatic N) is 2. The van der Waals surface area contributed by atoms with E-state index in [9.17, 15) is 14.0 Å². The molecule has 0 amide bonds. The Morgan fingerprint density at radius 2 is 1.77 bits per heavy atom. The van der Waals surface area contributed by atoms with Gasteiger partial charge >= 0.3 is 0 Å². The van der Waals surface area contributed by atoms with Crippen molar-refractivity contribution in [3.05, 3.63) is 113 Å². The van der Waals surface area contributed by atoms with Crippen molar-refractivity contribution in [3.8, 4) is 6.07 Å². The van der Waals surface area contributed by atoms with Crippen molar-refractivity contribution in [2.45, 2.75) is 59.2 Å². The van der Waals surface area contributed by atoms with E-state index in [0.717, 1.165) is 41.8 Å². The molecule has 0 bridgehead atoms. The van der Waals surface area contributed by atoms with Crippen LogP contribution in [-0.2, 0) is 6.54 Å². The van der Waals surface area contributed by atoms with E-state index >= 15 is 0 Å². The molecule has 0 aliphatic rings. The third-order valence-corrected chi connectivity index (χ3v) is 6.36. The number of hydrogen-bond donors (Lipinski definition) is 4. The summed E-state index contributed by atoms with van der Waals surface area (Å²) in [5.41, 5.74) is 11.5. The summed E-state index contributed by atoms with van der Waals surface area (Å²) in [7, 11) is 0. The van der Waals surface area contributed by atoms with Gasteiger partial charge in [-0.2, -0.15) is 5.26 Å². The molecule has 0 aliphatic heterocycles. The van der Waals surface area contributed by atoms with E-state index in [1.165, 1.54) is 6.07 Å². The van der Waals surface area contributed by atoms with Crippen LogP contribution in [0.3, 0.4) is 0 Å². The molecule has 0 fully saturated rings. The summed E-state index contributed by atoms with van der Waals surface area (Å²) >= 11 is 0. The minimum atomic E-state index is -0.915. The maximum absolute atomic E-state index is 13.7. The number of halogens is 2. The highest BCUT2D eigenvalue weighted by Gasteiger charge is 2.14. The minimum absolute atomic E-state index is 0.0113. The first kappa shape index (κ1) is 32.0. The number of hydrogen-bond acceptors (Lipinski definition) is 6. The average molecular weight is 547 g/mol. The number of aliphatic imine (C=N–C) groups is 1. The first-order valence-electron chi connectivity index (χ1n) is 13.3. The molecule has 8 heteroatoms. The Kier molecular flexibility index (Phi) is 12.8. The van der Waals surface area contributed by atoms with Crippen LogP contribution in [0, 0.1) is 23.0 Å². The van der Waals surface area contributed by atoms with Crippen LogP contribution < -0.4 is 21.7 Å². The normalized spacial score (nSPS) is 13.8. The quantitative estimate of drug-likeness (QED) is 0.154. The third-order valence-electron chi connectivity index (χ3n) is 6.36. The van der Waals surface area contributed by atoms with Gasteiger partial charge < -0.3 is 21.7 Å². The largest absolute Gasteiger partial charge is 0.401 e. The molecule has 0 aromatic heterocycles. The van der Waals surface area contributed by atoms with Gasteiger partial charge in [-0.05, 0) is 56.0 Å². The number of nitrogens with two attached hydrogens (primary N) is 1. The number of allylic oxidation sites excluding steroid dienone is 3. The van der Waals surface area contributed by atoms with E-state index in [1.807, 2.05) is 44.2 Å². The third kappa shape index (κ3) is 9.51. The van der Waals surface area contributed by atoms with E-state index in [2.05, 4.69) is 47.1 Å². The molecule has 0 radical (unpaired) electrons. The second-order valence-electron chi connectivity index (χ2n) is 9.43. The number of rotatable bonds is 15. The van der Waals surface area contributed by atoms with Gasteiger partial charge in [-0.15, -0.1) is 0 Å². The highest BCUT2D eigenvalue weighted by molar-refractivity contribution is 6.01. The van der Waals surface area contributed by atoms with Crippen LogP contribution in [0.15, 0.2) is 89.9 Å². The fourth-order valence-corrected chi connectivity index (χ4v) is 4.01. The fourth-order valence-electron chi connectivity index (χ4n) is 4.01. The lowest BCUT2D eigenvalue weighted by Gasteiger charge is -2.22. The smallest absolute Gasteiger partial charge is 0.159 e. The van der Waals surface area contributed by atoms with Crippen molar-refractivity contribution in [2.24, 2.45) is 10.7 Å². The Bertz CT molecular complexity index is 1300. The lowest BCUT2D eigenvalue weighted by Crippen LogP contribution is -2.32. The van der Waals surface area contributed by atoms with Crippen LogP contribution in [0.5, 0.6) is 0 Å². The summed E-state index contributed by atoms with van der Waals surface area (Å²) < 4.78 is 27.1. The van der Waals surface area contributed by atoms with E-state index in [0.29, 0.717) is 35.8 Å². The van der Waals surface area contributed by atoms with E-state index in [-0.39, 0.29) is 17.8 Å². The second kappa shape index (κ2) is 16.0. The van der Waals surface area contributed by atoms with Crippen molar-refractivity contribution in [2.75, 3.05) is 6.54 Å². The van der Waals surface area contributed by atoms with Crippen LogP contribution in [0.2, 0.25) is 0 Å². The molecular formula is C32H40F2N6. The van der Waals surface area contributed by atoms with Crippen LogP contribution >= 0.6 is 0 Å². The van der Waals surface area contributed by atoms with Gasteiger partial charge in [0.05, 0.1) is 17.5 Å². The number of nitrogens with one attached hydrogen (secondary N) is 3. The van der Waals surface area contributed by atoms with Crippen molar-refractivity contribution in [1.82, 2.24) is 16.0 Å². The van der Waals surface area contributed by atoms with Gasteiger partial charge in [0, 0.05) is 30.5 Å². The van der Waals surface area contributed by atoms with Crippen LogP contribution in [-0.4, -0.2) is 18.3 Å². The Hall–Kier alpha value is -4.22. The summed E-state index contributed by atoms with van der Waals surface area (Å²) in [6, 6.07) is 13.6. The van der Waals surface area contributed by atoms with Crippen LogP contribution in [0.4, 0.5) is 8.78 Å². The van der Waals surface area contributed by atoms with Gasteiger partial charge in [-0.25, -0.2) is 13.8 Å². The first-order valence-corrected chi connectivity index (χ1v) is 13.3. The van der Waals surface area contributed by atoms with Gasteiger partial charge in [0.1, 0.15) is 11.8 Å². The SMILES string of the molecule is C=C(NC(C)c1ccc(F)c(F)c1)/C(CNCc1ccc(/C(=C/C)NC(CCC)C(=C)N)cc1)=N/C(C#N)=C\C. The summed E-state index contributed by atoms with van der Waals surface area (Å²) in [6.45, 7) is 16.5.